The van der Waals surface area contributed by atoms with Crippen LogP contribution in [0.25, 0.3) is 0 Å². The van der Waals surface area contributed by atoms with Crippen LogP contribution in [0.4, 0.5) is 17.3 Å². The number of ether oxygens (including phenoxy) is 1. The van der Waals surface area contributed by atoms with Crippen LogP contribution >= 0.6 is 0 Å². The van der Waals surface area contributed by atoms with E-state index in [-0.39, 0.29) is 17.3 Å². The van der Waals surface area contributed by atoms with E-state index in [9.17, 15) is 10.1 Å². The molecular weight excluding hydrogens is 310 g/mol. The number of hydrogen-bond acceptors (Lipinski definition) is 7. The SMILES string of the molecule is Nc1ncnc(N/C=C/C=C\COCc2ccccc2)c1[N+](=O)[O-]. The number of nitrogens with two attached hydrogens (primary N) is 1. The van der Waals surface area contributed by atoms with E-state index in [1.165, 1.54) is 6.20 Å². The van der Waals surface area contributed by atoms with E-state index in [2.05, 4.69) is 15.3 Å². The van der Waals surface area contributed by atoms with Crippen molar-refractivity contribution in [2.45, 2.75) is 6.61 Å². The summed E-state index contributed by atoms with van der Waals surface area (Å²) in [4.78, 5) is 17.7. The highest BCUT2D eigenvalue weighted by Gasteiger charge is 2.19. The summed E-state index contributed by atoms with van der Waals surface area (Å²) in [5.41, 5.74) is 6.23. The van der Waals surface area contributed by atoms with Crippen LogP contribution in [0.5, 0.6) is 0 Å². The van der Waals surface area contributed by atoms with E-state index in [0.717, 1.165) is 11.9 Å². The molecular formula is C16H17N5O3. The van der Waals surface area contributed by atoms with Gasteiger partial charge in [0.15, 0.2) is 0 Å². The summed E-state index contributed by atoms with van der Waals surface area (Å²) in [6.07, 6.45) is 7.93. The average molecular weight is 327 g/mol. The Morgan fingerprint density at radius 2 is 2.04 bits per heavy atom. The molecule has 2 aromatic rings. The molecule has 0 radical (unpaired) electrons. The Morgan fingerprint density at radius 3 is 2.79 bits per heavy atom. The Labute approximate surface area is 138 Å². The molecule has 0 unspecified atom stereocenters. The van der Waals surface area contributed by atoms with Crippen molar-refractivity contribution in [3.63, 3.8) is 0 Å². The number of allylic oxidation sites excluding steroid dienone is 2. The van der Waals surface area contributed by atoms with Crippen LogP contribution in [0.3, 0.4) is 0 Å². The molecule has 8 heteroatoms. The van der Waals surface area contributed by atoms with Crippen molar-refractivity contribution in [3.8, 4) is 0 Å². The zero-order chi connectivity index (χ0) is 17.2. The molecule has 0 amide bonds. The normalized spacial score (nSPS) is 11.2. The molecule has 124 valence electrons. The Kier molecular flexibility index (Phi) is 6.42. The van der Waals surface area contributed by atoms with Gasteiger partial charge in [-0.2, -0.15) is 0 Å². The lowest BCUT2D eigenvalue weighted by Crippen LogP contribution is -2.04. The third-order valence-corrected chi connectivity index (χ3v) is 2.92. The fourth-order valence-electron chi connectivity index (χ4n) is 1.81. The molecule has 8 nitrogen and oxygen atoms in total. The van der Waals surface area contributed by atoms with Gasteiger partial charge in [-0.15, -0.1) is 0 Å². The molecule has 24 heavy (non-hydrogen) atoms. The number of aromatic nitrogens is 2. The highest BCUT2D eigenvalue weighted by molar-refractivity contribution is 5.67. The molecule has 2 rings (SSSR count). The summed E-state index contributed by atoms with van der Waals surface area (Å²) < 4.78 is 5.48. The predicted molar refractivity (Wildman–Crippen MR) is 91.1 cm³/mol. The standard InChI is InChI=1S/C16H17N5O3/c17-15-14(21(22)23)16(20-12-19-15)18-9-5-2-6-10-24-11-13-7-3-1-4-8-13/h1-9,12H,10-11H2,(H3,17,18,19,20)/b6-2-,9-5+. The molecule has 1 aromatic heterocycles. The Hall–Kier alpha value is -3.26. The number of nitrogens with one attached hydrogen (secondary N) is 1. The van der Waals surface area contributed by atoms with E-state index >= 15 is 0 Å². The Morgan fingerprint density at radius 1 is 1.25 bits per heavy atom. The molecule has 3 N–H and O–H groups in total. The highest BCUT2D eigenvalue weighted by Crippen LogP contribution is 2.25. The molecule has 0 aliphatic rings. The van der Waals surface area contributed by atoms with Gasteiger partial charge in [-0.05, 0) is 11.6 Å². The lowest BCUT2D eigenvalue weighted by molar-refractivity contribution is -0.383. The van der Waals surface area contributed by atoms with Crippen molar-refractivity contribution in [3.05, 3.63) is 76.8 Å². The molecule has 0 aliphatic heterocycles. The first-order valence-electron chi connectivity index (χ1n) is 7.13. The van der Waals surface area contributed by atoms with Crippen LogP contribution in [0, 0.1) is 10.1 Å². The zero-order valence-electron chi connectivity index (χ0n) is 12.8. The minimum Gasteiger partial charge on any atom is -0.378 e. The topological polar surface area (TPSA) is 116 Å². The molecule has 0 spiro atoms. The van der Waals surface area contributed by atoms with Gasteiger partial charge in [0.2, 0.25) is 11.6 Å². The van der Waals surface area contributed by atoms with Crippen molar-refractivity contribution < 1.29 is 9.66 Å². The second-order valence-corrected chi connectivity index (χ2v) is 4.65. The predicted octanol–water partition coefficient (Wildman–Crippen LogP) is 2.67. The van der Waals surface area contributed by atoms with Gasteiger partial charge in [0.25, 0.3) is 0 Å². The summed E-state index contributed by atoms with van der Waals surface area (Å²) in [7, 11) is 0. The van der Waals surface area contributed by atoms with Crippen LogP contribution in [0.1, 0.15) is 5.56 Å². The molecule has 1 aromatic carbocycles. The van der Waals surface area contributed by atoms with Crippen LogP contribution < -0.4 is 11.1 Å². The lowest BCUT2D eigenvalue weighted by Gasteiger charge is -2.02. The quantitative estimate of drug-likeness (QED) is 0.331. The van der Waals surface area contributed by atoms with E-state index in [1.54, 1.807) is 12.2 Å². The number of nitrogens with zero attached hydrogens (tertiary/aromatic N) is 3. The first-order chi connectivity index (χ1) is 11.7. The summed E-state index contributed by atoms with van der Waals surface area (Å²) in [5.74, 6) is -0.145. The van der Waals surface area contributed by atoms with Crippen LogP contribution in [0.2, 0.25) is 0 Å². The van der Waals surface area contributed by atoms with Crippen LogP contribution in [0.15, 0.2) is 61.1 Å². The Bertz CT molecular complexity index is 732. The number of anilines is 2. The van der Waals surface area contributed by atoms with Crippen molar-refractivity contribution in [1.29, 1.82) is 0 Å². The number of nitrogen functional groups attached to an aromatic ring is 1. The largest absolute Gasteiger partial charge is 0.378 e. The van der Waals surface area contributed by atoms with Gasteiger partial charge in [-0.1, -0.05) is 42.5 Å². The fraction of sp³-hybridized carbons (Fsp3) is 0.125. The summed E-state index contributed by atoms with van der Waals surface area (Å²) in [5, 5.41) is 13.6. The van der Waals surface area contributed by atoms with E-state index in [4.69, 9.17) is 10.5 Å². The van der Waals surface area contributed by atoms with Gasteiger partial charge < -0.3 is 15.8 Å². The van der Waals surface area contributed by atoms with Crippen LogP contribution in [-0.4, -0.2) is 21.5 Å². The number of nitro groups is 1. The second-order valence-electron chi connectivity index (χ2n) is 4.65. The van der Waals surface area contributed by atoms with E-state index in [1.807, 2.05) is 36.4 Å². The number of hydrogen-bond donors (Lipinski definition) is 2. The Balaban J connectivity index is 1.77. The van der Waals surface area contributed by atoms with Gasteiger partial charge in [-0.25, -0.2) is 9.97 Å². The van der Waals surface area contributed by atoms with Crippen molar-refractivity contribution in [1.82, 2.24) is 9.97 Å². The first-order valence-corrected chi connectivity index (χ1v) is 7.13. The monoisotopic (exact) mass is 327 g/mol. The maximum Gasteiger partial charge on any atom is 0.353 e. The lowest BCUT2D eigenvalue weighted by atomic mass is 10.2. The zero-order valence-corrected chi connectivity index (χ0v) is 12.8. The van der Waals surface area contributed by atoms with Gasteiger partial charge in [0.1, 0.15) is 6.33 Å². The first kappa shape index (κ1) is 17.1. The second kappa shape index (κ2) is 9.01. The van der Waals surface area contributed by atoms with Gasteiger partial charge in [0, 0.05) is 6.20 Å². The molecule has 0 atom stereocenters. The van der Waals surface area contributed by atoms with E-state index in [0.29, 0.717) is 13.2 Å². The van der Waals surface area contributed by atoms with Gasteiger partial charge in [0.05, 0.1) is 18.1 Å². The molecule has 0 aliphatic carbocycles. The van der Waals surface area contributed by atoms with Crippen molar-refractivity contribution in [2.75, 3.05) is 17.7 Å². The highest BCUT2D eigenvalue weighted by atomic mass is 16.6. The van der Waals surface area contributed by atoms with Crippen LogP contribution in [-0.2, 0) is 11.3 Å². The third-order valence-electron chi connectivity index (χ3n) is 2.92. The van der Waals surface area contributed by atoms with Gasteiger partial charge in [-0.3, -0.25) is 10.1 Å². The fourth-order valence-corrected chi connectivity index (χ4v) is 1.81. The molecule has 0 fully saturated rings. The van der Waals surface area contributed by atoms with E-state index < -0.39 is 4.92 Å². The summed E-state index contributed by atoms with van der Waals surface area (Å²) in [6.45, 7) is 0.999. The maximum atomic E-state index is 10.9. The minimum absolute atomic E-state index is 0.0393. The summed E-state index contributed by atoms with van der Waals surface area (Å²) >= 11 is 0. The molecule has 1 heterocycles. The molecule has 0 saturated carbocycles. The minimum atomic E-state index is -0.626. The number of rotatable bonds is 8. The number of benzene rings is 1. The summed E-state index contributed by atoms with van der Waals surface area (Å²) in [6, 6.07) is 9.86. The van der Waals surface area contributed by atoms with Gasteiger partial charge >= 0.3 is 5.69 Å². The third kappa shape index (κ3) is 5.18. The van der Waals surface area contributed by atoms with Crippen molar-refractivity contribution in [2.24, 2.45) is 0 Å². The molecule has 0 saturated heterocycles. The molecule has 0 bridgehead atoms. The average Bonchev–Trinajstić information content (AvgIpc) is 2.58. The maximum absolute atomic E-state index is 10.9. The van der Waals surface area contributed by atoms with Crippen molar-refractivity contribution >= 4 is 17.3 Å². The smallest absolute Gasteiger partial charge is 0.353 e.